The molecule has 8 heteroatoms. The first kappa shape index (κ1) is 15.2. The molecule has 2 heterocycles. The molecule has 20 heavy (non-hydrogen) atoms. The van der Waals surface area contributed by atoms with E-state index < -0.39 is 0 Å². The summed E-state index contributed by atoms with van der Waals surface area (Å²) < 4.78 is 0. The highest BCUT2D eigenvalue weighted by Crippen LogP contribution is 2.33. The van der Waals surface area contributed by atoms with E-state index in [1.807, 2.05) is 6.92 Å². The lowest BCUT2D eigenvalue weighted by Gasteiger charge is -2.06. The van der Waals surface area contributed by atoms with Crippen molar-refractivity contribution in [2.45, 2.75) is 29.9 Å². The summed E-state index contributed by atoms with van der Waals surface area (Å²) in [5.74, 6) is 0.186. The van der Waals surface area contributed by atoms with E-state index in [0.717, 1.165) is 30.3 Å². The molecule has 0 aliphatic heterocycles. The summed E-state index contributed by atoms with van der Waals surface area (Å²) in [6, 6.07) is 3.00. The van der Waals surface area contributed by atoms with Crippen LogP contribution in [0.5, 0.6) is 0 Å². The van der Waals surface area contributed by atoms with Gasteiger partial charge in [0, 0.05) is 11.8 Å². The van der Waals surface area contributed by atoms with Crippen molar-refractivity contribution in [1.29, 1.82) is 0 Å². The number of nitrogens with zero attached hydrogens (tertiary/aromatic N) is 2. The molecular formula is C12H12Cl2N4OS. The number of nitrogens with one attached hydrogen (secondary N) is 1. The second-order valence-corrected chi connectivity index (χ2v) is 5.83. The standard InChI is InChI=1S/C12H12Cl2N4OS/c1-2-3-6-4-9(19)17-12(16-6)20-11-8(14)5-7(13)10(15)18-11/h4-5H,2-3H2,1H3,(H2,15,18)(H,16,17,19). The van der Waals surface area contributed by atoms with Gasteiger partial charge in [-0.3, -0.25) is 4.79 Å². The van der Waals surface area contributed by atoms with Crippen LogP contribution in [-0.2, 0) is 6.42 Å². The Morgan fingerprint density at radius 3 is 2.75 bits per heavy atom. The van der Waals surface area contributed by atoms with E-state index >= 15 is 0 Å². The van der Waals surface area contributed by atoms with Crippen molar-refractivity contribution in [2.75, 3.05) is 5.73 Å². The summed E-state index contributed by atoms with van der Waals surface area (Å²) >= 11 is 13.0. The minimum atomic E-state index is -0.205. The van der Waals surface area contributed by atoms with Crippen molar-refractivity contribution < 1.29 is 0 Å². The number of nitrogen functional groups attached to an aromatic ring is 1. The van der Waals surface area contributed by atoms with Crippen LogP contribution in [0, 0.1) is 0 Å². The van der Waals surface area contributed by atoms with Gasteiger partial charge in [0.15, 0.2) is 5.16 Å². The van der Waals surface area contributed by atoms with E-state index in [1.165, 1.54) is 12.1 Å². The van der Waals surface area contributed by atoms with Crippen molar-refractivity contribution in [3.8, 4) is 0 Å². The Bertz CT molecular complexity index is 690. The van der Waals surface area contributed by atoms with Crippen molar-refractivity contribution >= 4 is 40.8 Å². The smallest absolute Gasteiger partial charge is 0.251 e. The van der Waals surface area contributed by atoms with Gasteiger partial charge in [0.05, 0.1) is 10.0 Å². The second kappa shape index (κ2) is 6.47. The van der Waals surface area contributed by atoms with Crippen LogP contribution < -0.4 is 11.3 Å². The molecule has 106 valence electrons. The van der Waals surface area contributed by atoms with Crippen LogP contribution in [0.15, 0.2) is 27.1 Å². The Morgan fingerprint density at radius 2 is 2.05 bits per heavy atom. The molecule has 0 saturated carbocycles. The lowest BCUT2D eigenvalue weighted by molar-refractivity contribution is 0.815. The highest BCUT2D eigenvalue weighted by Gasteiger charge is 2.11. The molecule has 0 amide bonds. The summed E-state index contributed by atoms with van der Waals surface area (Å²) in [6.07, 6.45) is 1.65. The van der Waals surface area contributed by atoms with Crippen molar-refractivity contribution in [1.82, 2.24) is 15.0 Å². The van der Waals surface area contributed by atoms with E-state index in [-0.39, 0.29) is 11.4 Å². The number of rotatable bonds is 4. The zero-order valence-corrected chi connectivity index (χ0v) is 12.9. The topological polar surface area (TPSA) is 84.7 Å². The fourth-order valence-corrected chi connectivity index (χ4v) is 2.81. The maximum Gasteiger partial charge on any atom is 0.251 e. The van der Waals surface area contributed by atoms with Crippen molar-refractivity contribution in [2.24, 2.45) is 0 Å². The molecule has 0 spiro atoms. The largest absolute Gasteiger partial charge is 0.382 e. The van der Waals surface area contributed by atoms with Crippen LogP contribution in [-0.4, -0.2) is 15.0 Å². The first-order valence-electron chi connectivity index (χ1n) is 5.89. The average Bonchev–Trinajstić information content (AvgIpc) is 2.35. The molecule has 0 fully saturated rings. The molecule has 2 rings (SSSR count). The number of aryl methyl sites for hydroxylation is 1. The van der Waals surface area contributed by atoms with Crippen LogP contribution in [0.25, 0.3) is 0 Å². The number of pyridine rings is 1. The molecule has 0 bridgehead atoms. The van der Waals surface area contributed by atoms with Gasteiger partial charge in [0.1, 0.15) is 10.8 Å². The lowest BCUT2D eigenvalue weighted by atomic mass is 10.2. The van der Waals surface area contributed by atoms with Crippen LogP contribution in [0.3, 0.4) is 0 Å². The Labute approximate surface area is 129 Å². The molecule has 0 aliphatic rings. The number of hydrogen-bond donors (Lipinski definition) is 2. The number of hydrogen-bond acceptors (Lipinski definition) is 5. The van der Waals surface area contributed by atoms with E-state index in [1.54, 1.807) is 0 Å². The minimum absolute atomic E-state index is 0.186. The predicted molar refractivity (Wildman–Crippen MR) is 81.6 cm³/mol. The van der Waals surface area contributed by atoms with Gasteiger partial charge >= 0.3 is 0 Å². The summed E-state index contributed by atoms with van der Waals surface area (Å²) in [4.78, 5) is 22.6. The molecule has 2 aromatic rings. The Hall–Kier alpha value is -1.24. The third-order valence-electron chi connectivity index (χ3n) is 2.40. The molecule has 0 aliphatic carbocycles. The number of aromatic nitrogens is 3. The number of nitrogens with two attached hydrogens (primary N) is 1. The van der Waals surface area contributed by atoms with E-state index in [9.17, 15) is 4.79 Å². The van der Waals surface area contributed by atoms with Crippen LogP contribution >= 0.6 is 35.0 Å². The summed E-state index contributed by atoms with van der Waals surface area (Å²) in [5, 5.41) is 1.53. The first-order valence-corrected chi connectivity index (χ1v) is 7.46. The SMILES string of the molecule is CCCc1cc(=O)[nH]c(Sc2nc(N)c(Cl)cc2Cl)n1. The van der Waals surface area contributed by atoms with Crippen LogP contribution in [0.1, 0.15) is 19.0 Å². The average molecular weight is 331 g/mol. The van der Waals surface area contributed by atoms with Gasteiger partial charge < -0.3 is 10.7 Å². The summed E-state index contributed by atoms with van der Waals surface area (Å²) in [6.45, 7) is 2.02. The fourth-order valence-electron chi connectivity index (χ4n) is 1.54. The molecule has 0 aromatic carbocycles. The fraction of sp³-hybridized carbons (Fsp3) is 0.250. The van der Waals surface area contributed by atoms with Gasteiger partial charge in [0.2, 0.25) is 0 Å². The van der Waals surface area contributed by atoms with Crippen molar-refractivity contribution in [3.05, 3.63) is 38.2 Å². The second-order valence-electron chi connectivity index (χ2n) is 4.04. The number of aromatic amines is 1. The maximum atomic E-state index is 11.6. The predicted octanol–water partition coefficient (Wildman–Crippen LogP) is 3.16. The molecule has 0 saturated heterocycles. The Kier molecular flexibility index (Phi) is 4.91. The third-order valence-corrected chi connectivity index (χ3v) is 3.99. The van der Waals surface area contributed by atoms with E-state index in [2.05, 4.69) is 15.0 Å². The highest BCUT2D eigenvalue weighted by atomic mass is 35.5. The molecule has 5 nitrogen and oxygen atoms in total. The highest BCUT2D eigenvalue weighted by molar-refractivity contribution is 7.99. The number of H-pyrrole nitrogens is 1. The molecular weight excluding hydrogens is 319 g/mol. The van der Waals surface area contributed by atoms with Gasteiger partial charge in [-0.25, -0.2) is 9.97 Å². The number of anilines is 1. The van der Waals surface area contributed by atoms with Gasteiger partial charge in [-0.2, -0.15) is 0 Å². The van der Waals surface area contributed by atoms with Gasteiger partial charge in [-0.05, 0) is 24.2 Å². The quantitative estimate of drug-likeness (QED) is 0.841. The van der Waals surface area contributed by atoms with E-state index in [0.29, 0.717) is 20.2 Å². The minimum Gasteiger partial charge on any atom is -0.382 e. The zero-order chi connectivity index (χ0) is 14.7. The lowest BCUT2D eigenvalue weighted by Crippen LogP contribution is -2.10. The van der Waals surface area contributed by atoms with Crippen LogP contribution in [0.2, 0.25) is 10.0 Å². The van der Waals surface area contributed by atoms with Gasteiger partial charge in [-0.1, -0.05) is 36.5 Å². The van der Waals surface area contributed by atoms with Gasteiger partial charge in [0.25, 0.3) is 5.56 Å². The summed E-state index contributed by atoms with van der Waals surface area (Å²) in [5.41, 5.74) is 6.17. The Balaban J connectivity index is 2.34. The first-order chi connectivity index (χ1) is 9.49. The monoisotopic (exact) mass is 330 g/mol. The summed E-state index contributed by atoms with van der Waals surface area (Å²) in [7, 11) is 0. The molecule has 0 unspecified atom stereocenters. The number of halogens is 2. The normalized spacial score (nSPS) is 10.8. The zero-order valence-electron chi connectivity index (χ0n) is 10.6. The van der Waals surface area contributed by atoms with Crippen LogP contribution in [0.4, 0.5) is 5.82 Å². The molecule has 0 atom stereocenters. The third kappa shape index (κ3) is 3.65. The maximum absolute atomic E-state index is 11.6. The van der Waals surface area contributed by atoms with E-state index in [4.69, 9.17) is 28.9 Å². The molecule has 0 radical (unpaired) electrons. The molecule has 3 N–H and O–H groups in total. The molecule has 2 aromatic heterocycles. The van der Waals surface area contributed by atoms with Crippen molar-refractivity contribution in [3.63, 3.8) is 0 Å². The Morgan fingerprint density at radius 1 is 1.30 bits per heavy atom. The van der Waals surface area contributed by atoms with Gasteiger partial charge in [-0.15, -0.1) is 0 Å².